The van der Waals surface area contributed by atoms with E-state index in [1.165, 1.54) is 0 Å². The second-order valence-corrected chi connectivity index (χ2v) is 3.54. The van der Waals surface area contributed by atoms with E-state index in [2.05, 4.69) is 5.32 Å². The molecule has 78 valence electrons. The summed E-state index contributed by atoms with van der Waals surface area (Å²) >= 11 is 0. The molecule has 1 saturated heterocycles. The van der Waals surface area contributed by atoms with Gasteiger partial charge >= 0.3 is 0 Å². The first-order valence-corrected chi connectivity index (χ1v) is 4.72. The highest BCUT2D eigenvalue weighted by Crippen LogP contribution is 2.16. The lowest BCUT2D eigenvalue weighted by Crippen LogP contribution is -2.28. The lowest BCUT2D eigenvalue weighted by atomic mass is 10.2. The predicted octanol–water partition coefficient (Wildman–Crippen LogP) is 0.789. The molecule has 1 fully saturated rings. The number of amides is 2. The molecule has 1 aliphatic rings. The van der Waals surface area contributed by atoms with E-state index in [-0.39, 0.29) is 18.2 Å². The minimum Gasteiger partial charge on any atom is -0.480 e. The van der Waals surface area contributed by atoms with Crippen molar-refractivity contribution in [1.29, 1.82) is 0 Å². The third-order valence-electron chi connectivity index (χ3n) is 2.23. The average molecular weight is 205 g/mol. The molecule has 2 rings (SSSR count). The Kier molecular flexibility index (Phi) is 2.41. The fraction of sp³-hybridized carbons (Fsp3) is 0.273. The van der Waals surface area contributed by atoms with Crippen molar-refractivity contribution in [3.8, 4) is 5.75 Å². The van der Waals surface area contributed by atoms with Gasteiger partial charge in [-0.1, -0.05) is 17.7 Å². The van der Waals surface area contributed by atoms with Crippen molar-refractivity contribution in [1.82, 2.24) is 5.32 Å². The number of aryl methyl sites for hydroxylation is 1. The Labute approximate surface area is 87.2 Å². The fourth-order valence-corrected chi connectivity index (χ4v) is 1.41. The van der Waals surface area contributed by atoms with Crippen molar-refractivity contribution in [2.75, 3.05) is 0 Å². The van der Waals surface area contributed by atoms with Gasteiger partial charge in [-0.25, -0.2) is 0 Å². The average Bonchev–Trinajstić information content (AvgIpc) is 2.49. The van der Waals surface area contributed by atoms with Crippen LogP contribution in [0.15, 0.2) is 24.3 Å². The molecular weight excluding hydrogens is 194 g/mol. The number of hydrogen-bond acceptors (Lipinski definition) is 3. The minimum atomic E-state index is -0.680. The van der Waals surface area contributed by atoms with E-state index in [0.29, 0.717) is 5.75 Å². The van der Waals surface area contributed by atoms with E-state index < -0.39 is 6.10 Å². The molecule has 1 heterocycles. The number of hydrogen-bond donors (Lipinski definition) is 1. The van der Waals surface area contributed by atoms with Crippen molar-refractivity contribution in [2.24, 2.45) is 0 Å². The molecule has 0 aromatic heterocycles. The van der Waals surface area contributed by atoms with Crippen LogP contribution in [0.3, 0.4) is 0 Å². The lowest BCUT2D eigenvalue weighted by Gasteiger charge is -2.09. The molecule has 0 saturated carbocycles. The molecule has 1 aromatic carbocycles. The molecule has 4 nitrogen and oxygen atoms in total. The smallest absolute Gasteiger partial charge is 0.268 e. The highest BCUT2D eigenvalue weighted by molar-refractivity contribution is 6.05. The molecule has 0 aliphatic carbocycles. The van der Waals surface area contributed by atoms with Crippen LogP contribution in [0.4, 0.5) is 0 Å². The second kappa shape index (κ2) is 3.73. The summed E-state index contributed by atoms with van der Waals surface area (Å²) in [5, 5.41) is 2.20. The number of carbonyl (C=O) groups excluding carboxylic acids is 2. The molecule has 1 atom stereocenters. The zero-order valence-electron chi connectivity index (χ0n) is 8.32. The van der Waals surface area contributed by atoms with Gasteiger partial charge in [0.1, 0.15) is 5.75 Å². The summed E-state index contributed by atoms with van der Waals surface area (Å²) in [4.78, 5) is 22.1. The molecule has 0 bridgehead atoms. The normalized spacial score (nSPS) is 20.2. The van der Waals surface area contributed by atoms with Crippen LogP contribution < -0.4 is 10.1 Å². The van der Waals surface area contributed by atoms with Gasteiger partial charge in [0.25, 0.3) is 5.91 Å². The Morgan fingerprint density at radius 3 is 2.47 bits per heavy atom. The minimum absolute atomic E-state index is 0.104. The maximum Gasteiger partial charge on any atom is 0.268 e. The van der Waals surface area contributed by atoms with Crippen LogP contribution in [0.2, 0.25) is 0 Å². The number of rotatable bonds is 2. The summed E-state index contributed by atoms with van der Waals surface area (Å²) in [5.74, 6) is -0.0341. The first kappa shape index (κ1) is 9.71. The topological polar surface area (TPSA) is 55.4 Å². The largest absolute Gasteiger partial charge is 0.480 e. The zero-order valence-corrected chi connectivity index (χ0v) is 8.32. The number of nitrogens with one attached hydrogen (secondary N) is 1. The fourth-order valence-electron chi connectivity index (χ4n) is 1.41. The summed E-state index contributed by atoms with van der Waals surface area (Å²) in [6, 6.07) is 7.35. The summed E-state index contributed by atoms with van der Waals surface area (Å²) in [6.07, 6.45) is -0.576. The molecular formula is C11H11NO3. The number of benzene rings is 1. The Morgan fingerprint density at radius 1 is 1.27 bits per heavy atom. The van der Waals surface area contributed by atoms with Gasteiger partial charge in [0.2, 0.25) is 5.91 Å². The summed E-state index contributed by atoms with van der Waals surface area (Å²) in [5.41, 5.74) is 1.12. The van der Waals surface area contributed by atoms with Crippen LogP contribution in [0.5, 0.6) is 5.75 Å². The standard InChI is InChI=1S/C11H11NO3/c1-7-2-4-8(5-3-7)15-9-6-10(13)12-11(9)14/h2-5,9H,6H2,1H3,(H,12,13,14). The van der Waals surface area contributed by atoms with E-state index in [0.717, 1.165) is 5.56 Å². The monoisotopic (exact) mass is 205 g/mol. The van der Waals surface area contributed by atoms with E-state index in [1.807, 2.05) is 19.1 Å². The van der Waals surface area contributed by atoms with Crippen molar-refractivity contribution in [3.05, 3.63) is 29.8 Å². The van der Waals surface area contributed by atoms with Gasteiger partial charge < -0.3 is 4.74 Å². The third-order valence-corrected chi connectivity index (χ3v) is 2.23. The van der Waals surface area contributed by atoms with Crippen LogP contribution >= 0.6 is 0 Å². The van der Waals surface area contributed by atoms with E-state index in [1.54, 1.807) is 12.1 Å². The van der Waals surface area contributed by atoms with Gasteiger partial charge in [0, 0.05) is 0 Å². The maximum absolute atomic E-state index is 11.2. The predicted molar refractivity (Wildman–Crippen MR) is 53.4 cm³/mol. The van der Waals surface area contributed by atoms with E-state index in [9.17, 15) is 9.59 Å². The van der Waals surface area contributed by atoms with Gasteiger partial charge in [-0.2, -0.15) is 0 Å². The van der Waals surface area contributed by atoms with Crippen LogP contribution in [0.25, 0.3) is 0 Å². The van der Waals surface area contributed by atoms with Crippen LogP contribution in [-0.2, 0) is 9.59 Å². The number of ether oxygens (including phenoxy) is 1. The molecule has 1 N–H and O–H groups in total. The summed E-state index contributed by atoms with van der Waals surface area (Å²) in [7, 11) is 0. The zero-order chi connectivity index (χ0) is 10.8. The number of carbonyl (C=O) groups is 2. The van der Waals surface area contributed by atoms with Crippen molar-refractivity contribution in [2.45, 2.75) is 19.4 Å². The van der Waals surface area contributed by atoms with Crippen LogP contribution in [0.1, 0.15) is 12.0 Å². The quantitative estimate of drug-likeness (QED) is 0.726. The molecule has 4 heteroatoms. The summed E-state index contributed by atoms with van der Waals surface area (Å²) < 4.78 is 5.38. The molecule has 1 aliphatic heterocycles. The molecule has 15 heavy (non-hydrogen) atoms. The Bertz CT molecular complexity index is 397. The van der Waals surface area contributed by atoms with Gasteiger partial charge in [-0.05, 0) is 19.1 Å². The molecule has 1 unspecified atom stereocenters. The van der Waals surface area contributed by atoms with Gasteiger partial charge in [0.15, 0.2) is 6.10 Å². The number of imide groups is 1. The Morgan fingerprint density at radius 2 is 1.93 bits per heavy atom. The lowest BCUT2D eigenvalue weighted by molar-refractivity contribution is -0.126. The Hall–Kier alpha value is -1.84. The third kappa shape index (κ3) is 2.15. The highest BCUT2D eigenvalue weighted by atomic mass is 16.5. The first-order valence-electron chi connectivity index (χ1n) is 4.72. The second-order valence-electron chi connectivity index (χ2n) is 3.54. The molecule has 0 radical (unpaired) electrons. The Balaban J connectivity index is 2.06. The van der Waals surface area contributed by atoms with Gasteiger partial charge in [-0.3, -0.25) is 14.9 Å². The summed E-state index contributed by atoms with van der Waals surface area (Å²) in [6.45, 7) is 1.97. The van der Waals surface area contributed by atoms with Crippen molar-refractivity contribution < 1.29 is 14.3 Å². The van der Waals surface area contributed by atoms with Gasteiger partial charge in [-0.15, -0.1) is 0 Å². The van der Waals surface area contributed by atoms with Crippen LogP contribution in [0, 0.1) is 6.92 Å². The van der Waals surface area contributed by atoms with E-state index in [4.69, 9.17) is 4.74 Å². The molecule has 0 spiro atoms. The van der Waals surface area contributed by atoms with E-state index >= 15 is 0 Å². The maximum atomic E-state index is 11.2. The molecule has 1 aromatic rings. The first-order chi connectivity index (χ1) is 7.15. The SMILES string of the molecule is Cc1ccc(OC2CC(=O)NC2=O)cc1. The molecule has 2 amide bonds. The van der Waals surface area contributed by atoms with Gasteiger partial charge in [0.05, 0.1) is 6.42 Å². The van der Waals surface area contributed by atoms with Crippen molar-refractivity contribution >= 4 is 11.8 Å². The van der Waals surface area contributed by atoms with Crippen LogP contribution in [-0.4, -0.2) is 17.9 Å². The van der Waals surface area contributed by atoms with Crippen molar-refractivity contribution in [3.63, 3.8) is 0 Å². The highest BCUT2D eigenvalue weighted by Gasteiger charge is 2.32.